The summed E-state index contributed by atoms with van der Waals surface area (Å²) < 4.78 is 5.23. The molecule has 0 N–H and O–H groups in total. The van der Waals surface area contributed by atoms with Crippen molar-refractivity contribution in [2.24, 2.45) is 0 Å². The zero-order valence-electron chi connectivity index (χ0n) is 11.9. The summed E-state index contributed by atoms with van der Waals surface area (Å²) >= 11 is 2.95. The molecule has 0 amide bonds. The molecule has 3 aromatic rings. The molecule has 0 unspecified atom stereocenters. The number of thioether (sulfide) groups is 1. The van der Waals surface area contributed by atoms with Crippen LogP contribution in [0.4, 0.5) is 0 Å². The molecule has 6 nitrogen and oxygen atoms in total. The first-order chi connectivity index (χ1) is 10.7. The van der Waals surface area contributed by atoms with Crippen LogP contribution in [0.15, 0.2) is 26.4 Å². The molecule has 8 heteroatoms. The number of hydrogen-bond donors (Lipinski definition) is 0. The molecule has 0 atom stereocenters. The Bertz CT molecular complexity index is 836. The molecule has 22 heavy (non-hydrogen) atoms. The van der Waals surface area contributed by atoms with E-state index < -0.39 is 0 Å². The van der Waals surface area contributed by atoms with Gasteiger partial charge in [-0.25, -0.2) is 0 Å². The molecule has 110 valence electrons. The topological polar surface area (TPSA) is 88.5 Å². The maximum absolute atomic E-state index is 9.27. The first-order valence-electron chi connectivity index (χ1n) is 6.41. The fourth-order valence-corrected chi connectivity index (χ4v) is 3.22. The van der Waals surface area contributed by atoms with Gasteiger partial charge in [-0.2, -0.15) is 26.7 Å². The van der Waals surface area contributed by atoms with Gasteiger partial charge in [0.2, 0.25) is 0 Å². The van der Waals surface area contributed by atoms with E-state index in [0.29, 0.717) is 28.1 Å². The molecular weight excluding hydrogens is 318 g/mol. The van der Waals surface area contributed by atoms with Crippen molar-refractivity contribution in [2.75, 3.05) is 0 Å². The zero-order valence-corrected chi connectivity index (χ0v) is 13.5. The van der Waals surface area contributed by atoms with E-state index in [1.807, 2.05) is 30.7 Å². The van der Waals surface area contributed by atoms with E-state index >= 15 is 0 Å². The standard InChI is InChI=1S/C14H11N5OS2/c1-8-9(2)17-18-14(11(8)5-15)22-7-12-16-13(20-19-12)10-3-4-21-6-10/h3-4,6H,7H2,1-2H3. The minimum atomic E-state index is 0.472. The van der Waals surface area contributed by atoms with Crippen LogP contribution in [0.25, 0.3) is 11.5 Å². The second-order valence-electron chi connectivity index (χ2n) is 4.52. The number of thiophene rings is 1. The molecular formula is C14H11N5OS2. The number of hydrogen-bond acceptors (Lipinski definition) is 8. The largest absolute Gasteiger partial charge is 0.334 e. The van der Waals surface area contributed by atoms with Crippen molar-refractivity contribution in [3.63, 3.8) is 0 Å². The van der Waals surface area contributed by atoms with Crippen molar-refractivity contribution >= 4 is 23.1 Å². The van der Waals surface area contributed by atoms with Gasteiger partial charge in [0, 0.05) is 5.38 Å². The minimum Gasteiger partial charge on any atom is -0.334 e. The Kier molecular flexibility index (Phi) is 4.18. The monoisotopic (exact) mass is 329 g/mol. The van der Waals surface area contributed by atoms with Crippen LogP contribution >= 0.6 is 23.1 Å². The van der Waals surface area contributed by atoms with E-state index in [9.17, 15) is 5.26 Å². The van der Waals surface area contributed by atoms with Gasteiger partial charge in [0.1, 0.15) is 11.1 Å². The lowest BCUT2D eigenvalue weighted by Crippen LogP contribution is -1.99. The molecule has 0 radical (unpaired) electrons. The Labute approximate surface area is 135 Å². The predicted octanol–water partition coefficient (Wildman–Crippen LogP) is 3.37. The third-order valence-electron chi connectivity index (χ3n) is 3.11. The molecule has 0 spiro atoms. The zero-order chi connectivity index (χ0) is 15.5. The highest BCUT2D eigenvalue weighted by Crippen LogP contribution is 2.26. The Morgan fingerprint density at radius 2 is 2.23 bits per heavy atom. The lowest BCUT2D eigenvalue weighted by atomic mass is 10.1. The van der Waals surface area contributed by atoms with Crippen molar-refractivity contribution in [1.82, 2.24) is 20.3 Å². The van der Waals surface area contributed by atoms with Crippen LogP contribution < -0.4 is 0 Å². The SMILES string of the molecule is Cc1nnc(SCc2noc(-c3ccsc3)n2)c(C#N)c1C. The molecule has 0 saturated heterocycles. The van der Waals surface area contributed by atoms with Crippen molar-refractivity contribution < 1.29 is 4.52 Å². The van der Waals surface area contributed by atoms with E-state index in [2.05, 4.69) is 26.4 Å². The maximum Gasteiger partial charge on any atom is 0.258 e. The lowest BCUT2D eigenvalue weighted by Gasteiger charge is -2.04. The van der Waals surface area contributed by atoms with E-state index in [4.69, 9.17) is 4.52 Å². The minimum absolute atomic E-state index is 0.472. The normalized spacial score (nSPS) is 10.6. The van der Waals surface area contributed by atoms with Gasteiger partial charge in [0.15, 0.2) is 5.82 Å². The molecule has 0 aliphatic heterocycles. The Balaban J connectivity index is 1.76. The average Bonchev–Trinajstić information content (AvgIpc) is 3.19. The fraction of sp³-hybridized carbons (Fsp3) is 0.214. The summed E-state index contributed by atoms with van der Waals surface area (Å²) in [7, 11) is 0. The van der Waals surface area contributed by atoms with E-state index in [1.165, 1.54) is 11.8 Å². The number of aromatic nitrogens is 4. The second kappa shape index (κ2) is 6.25. The molecule has 3 heterocycles. The lowest BCUT2D eigenvalue weighted by molar-refractivity contribution is 0.425. The Morgan fingerprint density at radius 3 is 2.95 bits per heavy atom. The van der Waals surface area contributed by atoms with Gasteiger partial charge in [0.05, 0.1) is 22.6 Å². The quantitative estimate of drug-likeness (QED) is 0.678. The number of rotatable bonds is 4. The highest BCUT2D eigenvalue weighted by atomic mass is 32.2. The first-order valence-corrected chi connectivity index (χ1v) is 8.34. The van der Waals surface area contributed by atoms with Gasteiger partial charge in [-0.1, -0.05) is 16.9 Å². The second-order valence-corrected chi connectivity index (χ2v) is 6.26. The average molecular weight is 329 g/mol. The van der Waals surface area contributed by atoms with Crippen LogP contribution in [0, 0.1) is 25.2 Å². The van der Waals surface area contributed by atoms with Crippen LogP contribution in [-0.4, -0.2) is 20.3 Å². The van der Waals surface area contributed by atoms with Gasteiger partial charge in [0.25, 0.3) is 5.89 Å². The summed E-state index contributed by atoms with van der Waals surface area (Å²) in [5.41, 5.74) is 3.09. The molecule has 0 saturated carbocycles. The number of nitrogens with zero attached hydrogens (tertiary/aromatic N) is 5. The molecule has 0 aliphatic carbocycles. The van der Waals surface area contributed by atoms with Gasteiger partial charge in [-0.15, -0.1) is 5.10 Å². The number of nitriles is 1. The summed E-state index contributed by atoms with van der Waals surface area (Å²) in [5.74, 6) is 1.54. The van der Waals surface area contributed by atoms with Gasteiger partial charge in [-0.3, -0.25) is 0 Å². The van der Waals surface area contributed by atoms with Gasteiger partial charge < -0.3 is 4.52 Å². The van der Waals surface area contributed by atoms with Gasteiger partial charge >= 0.3 is 0 Å². The smallest absolute Gasteiger partial charge is 0.258 e. The van der Waals surface area contributed by atoms with E-state index in [-0.39, 0.29) is 0 Å². The van der Waals surface area contributed by atoms with Crippen molar-refractivity contribution in [3.8, 4) is 17.5 Å². The summed E-state index contributed by atoms with van der Waals surface area (Å²) in [4.78, 5) is 4.34. The van der Waals surface area contributed by atoms with Crippen molar-refractivity contribution in [2.45, 2.75) is 24.6 Å². The summed E-state index contributed by atoms with van der Waals surface area (Å²) in [6.07, 6.45) is 0. The molecule has 0 fully saturated rings. The van der Waals surface area contributed by atoms with Crippen LogP contribution in [0.1, 0.15) is 22.6 Å². The third kappa shape index (κ3) is 2.86. The Hall–Kier alpha value is -2.24. The molecule has 0 aromatic carbocycles. The third-order valence-corrected chi connectivity index (χ3v) is 4.75. The fourth-order valence-electron chi connectivity index (χ4n) is 1.77. The first kappa shape index (κ1) is 14.7. The van der Waals surface area contributed by atoms with Crippen LogP contribution in [-0.2, 0) is 5.75 Å². The molecule has 0 aliphatic rings. The predicted molar refractivity (Wildman–Crippen MR) is 83.4 cm³/mol. The summed E-state index contributed by atoms with van der Waals surface area (Å²) in [5, 5.41) is 25.9. The Morgan fingerprint density at radius 1 is 1.36 bits per heavy atom. The summed E-state index contributed by atoms with van der Waals surface area (Å²) in [6.45, 7) is 3.71. The maximum atomic E-state index is 9.27. The highest BCUT2D eigenvalue weighted by Gasteiger charge is 2.14. The summed E-state index contributed by atoms with van der Waals surface area (Å²) in [6, 6.07) is 4.11. The molecule has 3 rings (SSSR count). The van der Waals surface area contributed by atoms with Gasteiger partial charge in [-0.05, 0) is 30.9 Å². The van der Waals surface area contributed by atoms with Crippen molar-refractivity contribution in [1.29, 1.82) is 5.26 Å². The molecule has 3 aromatic heterocycles. The van der Waals surface area contributed by atoms with Crippen molar-refractivity contribution in [3.05, 3.63) is 39.5 Å². The van der Waals surface area contributed by atoms with Crippen LogP contribution in [0.3, 0.4) is 0 Å². The molecule has 0 bridgehead atoms. The highest BCUT2D eigenvalue weighted by molar-refractivity contribution is 7.98. The number of aryl methyl sites for hydroxylation is 1. The van der Waals surface area contributed by atoms with E-state index in [1.54, 1.807) is 11.3 Å². The van der Waals surface area contributed by atoms with Crippen LogP contribution in [0.2, 0.25) is 0 Å². The van der Waals surface area contributed by atoms with E-state index in [0.717, 1.165) is 16.8 Å². The van der Waals surface area contributed by atoms with Crippen LogP contribution in [0.5, 0.6) is 0 Å².